The van der Waals surface area contributed by atoms with Gasteiger partial charge < -0.3 is 14.5 Å². The summed E-state index contributed by atoms with van der Waals surface area (Å²) < 4.78 is 12.4. The molecule has 0 amide bonds. The van der Waals surface area contributed by atoms with Crippen LogP contribution in [0.25, 0.3) is 38.7 Å². The number of ether oxygens (including phenoxy) is 2. The van der Waals surface area contributed by atoms with E-state index in [1.54, 1.807) is 23.5 Å². The molecule has 0 aliphatic carbocycles. The molecule has 3 heterocycles. The minimum Gasteiger partial charge on any atom is -0.456 e. The minimum absolute atomic E-state index is 0.175. The summed E-state index contributed by atoms with van der Waals surface area (Å²) in [5.74, 6) is -0.595. The van der Waals surface area contributed by atoms with Gasteiger partial charge in [0.1, 0.15) is 22.8 Å². The average molecular weight is 402 g/mol. The number of aromatic amines is 1. The maximum atomic E-state index is 13.1. The quantitative estimate of drug-likeness (QED) is 0.464. The van der Waals surface area contributed by atoms with Gasteiger partial charge in [0, 0.05) is 7.11 Å². The number of carbonyl (C=O) groups excluding carboxylic acids is 1. The van der Waals surface area contributed by atoms with Gasteiger partial charge in [-0.3, -0.25) is 9.20 Å². The molecular weight excluding hydrogens is 384 g/mol. The van der Waals surface area contributed by atoms with Crippen LogP contribution in [0.5, 0.6) is 0 Å². The molecule has 0 saturated heterocycles. The lowest BCUT2D eigenvalue weighted by molar-refractivity contribution is 0.0124. The molecule has 0 fully saturated rings. The molecule has 1 N–H and O–H groups in total. The summed E-state index contributed by atoms with van der Waals surface area (Å²) in [4.78, 5) is 38.1. The lowest BCUT2D eigenvalue weighted by atomic mass is 10.2. The number of aromatic nitrogens is 4. The summed E-state index contributed by atoms with van der Waals surface area (Å²) >= 11 is 0. The summed E-state index contributed by atoms with van der Waals surface area (Å²) in [5.41, 5.74) is 2.99. The standard InChI is InChI=1S/C22H18N4O4/c1-12(11-29-2)30-22(28)17-18-20(24-15-9-5-4-8-14(15)23-18)26-16-10-6-3-7-13(16)21(27)25-19(17)26/h3-10,12H,11H2,1-2H3,(H,25,27)/t12-/m1/s1. The van der Waals surface area contributed by atoms with E-state index in [4.69, 9.17) is 14.5 Å². The van der Waals surface area contributed by atoms with Gasteiger partial charge in [-0.25, -0.2) is 14.8 Å². The predicted molar refractivity (Wildman–Crippen MR) is 113 cm³/mol. The number of methoxy groups -OCH3 is 1. The van der Waals surface area contributed by atoms with Crippen molar-refractivity contribution in [3.63, 3.8) is 0 Å². The van der Waals surface area contributed by atoms with Gasteiger partial charge in [0.25, 0.3) is 5.56 Å². The molecule has 0 bridgehead atoms. The third-order valence-electron chi connectivity index (χ3n) is 5.00. The number of para-hydroxylation sites is 3. The van der Waals surface area contributed by atoms with Gasteiger partial charge in [-0.15, -0.1) is 0 Å². The second-order valence-electron chi connectivity index (χ2n) is 7.09. The molecule has 8 nitrogen and oxygen atoms in total. The Labute approximate surface area is 170 Å². The third kappa shape index (κ3) is 2.73. The molecule has 30 heavy (non-hydrogen) atoms. The van der Waals surface area contributed by atoms with E-state index in [2.05, 4.69) is 9.97 Å². The molecule has 5 aromatic rings. The number of nitrogens with one attached hydrogen (secondary N) is 1. The first-order valence-electron chi connectivity index (χ1n) is 9.50. The van der Waals surface area contributed by atoms with Crippen molar-refractivity contribution in [2.45, 2.75) is 13.0 Å². The molecule has 8 heteroatoms. The van der Waals surface area contributed by atoms with Crippen LogP contribution in [0.3, 0.4) is 0 Å². The van der Waals surface area contributed by atoms with Crippen molar-refractivity contribution in [1.82, 2.24) is 19.4 Å². The largest absolute Gasteiger partial charge is 0.456 e. The Balaban J connectivity index is 1.92. The Morgan fingerprint density at radius 2 is 1.80 bits per heavy atom. The molecule has 0 radical (unpaired) electrons. The predicted octanol–water partition coefficient (Wildman–Crippen LogP) is 3.07. The van der Waals surface area contributed by atoms with Crippen molar-refractivity contribution < 1.29 is 14.3 Å². The number of fused-ring (bicyclic) bond motifs is 6. The zero-order valence-electron chi connectivity index (χ0n) is 16.4. The van der Waals surface area contributed by atoms with Crippen molar-refractivity contribution in [2.24, 2.45) is 0 Å². The molecule has 150 valence electrons. The van der Waals surface area contributed by atoms with E-state index < -0.39 is 12.1 Å². The van der Waals surface area contributed by atoms with E-state index in [0.29, 0.717) is 38.7 Å². The summed E-state index contributed by atoms with van der Waals surface area (Å²) in [6.45, 7) is 1.99. The number of carbonyl (C=O) groups is 1. The molecular formula is C22H18N4O4. The second-order valence-corrected chi connectivity index (χ2v) is 7.09. The lowest BCUT2D eigenvalue weighted by Gasteiger charge is -2.11. The minimum atomic E-state index is -0.595. The smallest absolute Gasteiger partial charge is 0.344 e. The number of esters is 1. The normalized spacial score (nSPS) is 12.7. The molecule has 0 unspecified atom stereocenters. The number of benzene rings is 2. The first kappa shape index (κ1) is 18.3. The SMILES string of the molecule is COC[C@@H](C)OC(=O)c1c2nc3ccccc3nc2n2c1[nH]c(=O)c1ccccc12. The van der Waals surface area contributed by atoms with Gasteiger partial charge in [0.15, 0.2) is 5.65 Å². The fourth-order valence-electron chi connectivity index (χ4n) is 3.74. The fraction of sp³-hybridized carbons (Fsp3) is 0.182. The zero-order chi connectivity index (χ0) is 20.8. The molecule has 1 atom stereocenters. The first-order valence-corrected chi connectivity index (χ1v) is 9.50. The Kier molecular flexibility index (Phi) is 4.22. The van der Waals surface area contributed by atoms with Gasteiger partial charge in [-0.1, -0.05) is 24.3 Å². The highest BCUT2D eigenvalue weighted by Crippen LogP contribution is 2.28. The van der Waals surface area contributed by atoms with Crippen LogP contribution in [-0.2, 0) is 9.47 Å². The first-order chi connectivity index (χ1) is 14.6. The van der Waals surface area contributed by atoms with Crippen LogP contribution >= 0.6 is 0 Å². The number of hydrogen-bond donors (Lipinski definition) is 1. The van der Waals surface area contributed by atoms with E-state index in [9.17, 15) is 9.59 Å². The maximum Gasteiger partial charge on any atom is 0.344 e. The molecule has 0 saturated carbocycles. The summed E-state index contributed by atoms with van der Waals surface area (Å²) in [6, 6.07) is 14.6. The molecule has 0 spiro atoms. The highest BCUT2D eigenvalue weighted by atomic mass is 16.6. The van der Waals surface area contributed by atoms with Gasteiger partial charge in [0.05, 0.1) is 28.5 Å². The van der Waals surface area contributed by atoms with E-state index in [1.807, 2.05) is 36.4 Å². The molecule has 0 aliphatic rings. The van der Waals surface area contributed by atoms with Crippen molar-refractivity contribution in [1.29, 1.82) is 0 Å². The zero-order valence-corrected chi connectivity index (χ0v) is 16.4. The van der Waals surface area contributed by atoms with Crippen molar-refractivity contribution >= 4 is 44.7 Å². The maximum absolute atomic E-state index is 13.1. The summed E-state index contributed by atoms with van der Waals surface area (Å²) in [6.07, 6.45) is -0.465. The van der Waals surface area contributed by atoms with E-state index in [0.717, 1.165) is 0 Å². The lowest BCUT2D eigenvalue weighted by Crippen LogP contribution is -2.20. The van der Waals surface area contributed by atoms with Crippen molar-refractivity contribution in [3.8, 4) is 0 Å². The number of nitrogens with zero attached hydrogens (tertiary/aromatic N) is 3. The van der Waals surface area contributed by atoms with Crippen LogP contribution in [0.4, 0.5) is 0 Å². The number of hydrogen-bond acceptors (Lipinski definition) is 6. The highest BCUT2D eigenvalue weighted by Gasteiger charge is 2.26. The monoisotopic (exact) mass is 402 g/mol. The van der Waals surface area contributed by atoms with Gasteiger partial charge in [0.2, 0.25) is 0 Å². The molecule has 2 aromatic carbocycles. The van der Waals surface area contributed by atoms with Crippen molar-refractivity contribution in [3.05, 3.63) is 64.4 Å². The topological polar surface area (TPSA) is 98.6 Å². The summed E-state index contributed by atoms with van der Waals surface area (Å²) in [5, 5.41) is 0.490. The summed E-state index contributed by atoms with van der Waals surface area (Å²) in [7, 11) is 1.54. The Morgan fingerprint density at radius 1 is 1.10 bits per heavy atom. The van der Waals surface area contributed by atoms with Gasteiger partial charge in [-0.2, -0.15) is 0 Å². The van der Waals surface area contributed by atoms with Crippen LogP contribution in [0.15, 0.2) is 53.3 Å². The molecule has 5 rings (SSSR count). The second kappa shape index (κ2) is 6.93. The Hall–Kier alpha value is -3.78. The number of rotatable bonds is 4. The number of H-pyrrole nitrogens is 1. The molecule has 0 aliphatic heterocycles. The van der Waals surface area contributed by atoms with E-state index in [1.165, 1.54) is 7.11 Å². The van der Waals surface area contributed by atoms with Gasteiger partial charge >= 0.3 is 5.97 Å². The van der Waals surface area contributed by atoms with Crippen LogP contribution in [0.2, 0.25) is 0 Å². The van der Waals surface area contributed by atoms with Crippen LogP contribution in [-0.4, -0.2) is 45.1 Å². The third-order valence-corrected chi connectivity index (χ3v) is 5.00. The highest BCUT2D eigenvalue weighted by molar-refractivity contribution is 6.11. The van der Waals surface area contributed by atoms with Crippen LogP contribution in [0, 0.1) is 0 Å². The van der Waals surface area contributed by atoms with Crippen molar-refractivity contribution in [2.75, 3.05) is 13.7 Å². The Morgan fingerprint density at radius 3 is 2.57 bits per heavy atom. The van der Waals surface area contributed by atoms with Crippen LogP contribution in [0.1, 0.15) is 17.3 Å². The van der Waals surface area contributed by atoms with E-state index >= 15 is 0 Å². The van der Waals surface area contributed by atoms with Crippen LogP contribution < -0.4 is 5.56 Å². The fourth-order valence-corrected chi connectivity index (χ4v) is 3.74. The van der Waals surface area contributed by atoms with Gasteiger partial charge in [-0.05, 0) is 31.2 Å². The molecule has 3 aromatic heterocycles. The average Bonchev–Trinajstić information content (AvgIpc) is 3.05. The van der Waals surface area contributed by atoms with E-state index in [-0.39, 0.29) is 17.7 Å². The Bertz CT molecular complexity index is 1500.